The lowest BCUT2D eigenvalue weighted by Gasteiger charge is -2.13. The highest BCUT2D eigenvalue weighted by Crippen LogP contribution is 2.17. The van der Waals surface area contributed by atoms with E-state index >= 15 is 0 Å². The summed E-state index contributed by atoms with van der Waals surface area (Å²) >= 11 is 0. The van der Waals surface area contributed by atoms with E-state index in [1.54, 1.807) is 34.9 Å². The highest BCUT2D eigenvalue weighted by molar-refractivity contribution is 5.92. The number of para-hydroxylation sites is 1. The van der Waals surface area contributed by atoms with Crippen LogP contribution in [0.2, 0.25) is 0 Å². The van der Waals surface area contributed by atoms with Gasteiger partial charge < -0.3 is 9.72 Å². The van der Waals surface area contributed by atoms with Crippen molar-refractivity contribution >= 4 is 28.1 Å². The van der Waals surface area contributed by atoms with E-state index in [1.165, 1.54) is 34.9 Å². The van der Waals surface area contributed by atoms with Crippen LogP contribution in [0.5, 0.6) is 0 Å². The smallest absolute Gasteiger partial charge is 0.275 e. The quantitative estimate of drug-likeness (QED) is 0.615. The van der Waals surface area contributed by atoms with Crippen LogP contribution in [0.4, 0.5) is 14.5 Å². The first-order chi connectivity index (χ1) is 12.5. The number of halogens is 2. The molecule has 0 atom stereocenters. The van der Waals surface area contributed by atoms with Crippen LogP contribution < -0.4 is 10.9 Å². The number of anilines is 1. The molecule has 4 aromatic rings. The third kappa shape index (κ3) is 2.63. The normalized spacial score (nSPS) is 11.2. The van der Waals surface area contributed by atoms with E-state index in [4.69, 9.17) is 0 Å². The number of nitrogens with zero attached hydrogens (tertiary/aromatic N) is 2. The van der Waals surface area contributed by atoms with E-state index in [0.29, 0.717) is 11.0 Å². The molecule has 0 saturated carbocycles. The van der Waals surface area contributed by atoms with E-state index in [0.717, 1.165) is 0 Å². The zero-order chi connectivity index (χ0) is 18.3. The van der Waals surface area contributed by atoms with Gasteiger partial charge in [0.15, 0.2) is 0 Å². The number of carbonyl (C=O) groups is 1. The maximum atomic E-state index is 13.7. The third-order valence-electron chi connectivity index (χ3n) is 4.15. The molecule has 0 radical (unpaired) electrons. The second-order valence-corrected chi connectivity index (χ2v) is 5.82. The second-order valence-electron chi connectivity index (χ2n) is 5.82. The van der Waals surface area contributed by atoms with Crippen LogP contribution in [0.3, 0.4) is 0 Å². The molecule has 2 aromatic carbocycles. The third-order valence-corrected chi connectivity index (χ3v) is 4.15. The van der Waals surface area contributed by atoms with E-state index in [9.17, 15) is 18.4 Å². The Labute approximate surface area is 146 Å². The fraction of sp³-hybridized carbons (Fsp3) is 0.0526. The van der Waals surface area contributed by atoms with E-state index < -0.39 is 23.1 Å². The maximum Gasteiger partial charge on any atom is 0.275 e. The van der Waals surface area contributed by atoms with Crippen LogP contribution in [0, 0.1) is 11.6 Å². The van der Waals surface area contributed by atoms with Crippen molar-refractivity contribution in [2.45, 2.75) is 6.54 Å². The summed E-state index contributed by atoms with van der Waals surface area (Å²) < 4.78 is 30.3. The molecule has 0 saturated heterocycles. The molecule has 2 aromatic heterocycles. The molecule has 0 spiro atoms. The molecule has 0 aliphatic rings. The first kappa shape index (κ1) is 16.0. The van der Waals surface area contributed by atoms with Crippen LogP contribution in [-0.2, 0) is 11.3 Å². The largest absolute Gasteiger partial charge is 0.322 e. The molecule has 5 nitrogen and oxygen atoms in total. The highest BCUT2D eigenvalue weighted by Gasteiger charge is 2.15. The summed E-state index contributed by atoms with van der Waals surface area (Å²) in [5.74, 6) is -1.68. The van der Waals surface area contributed by atoms with Crippen molar-refractivity contribution in [1.82, 2.24) is 8.97 Å². The van der Waals surface area contributed by atoms with Crippen molar-refractivity contribution in [3.8, 4) is 0 Å². The summed E-state index contributed by atoms with van der Waals surface area (Å²) in [5.41, 5.74) is 0.816. The first-order valence-corrected chi connectivity index (χ1v) is 7.88. The summed E-state index contributed by atoms with van der Waals surface area (Å²) in [6.45, 7) is -0.366. The van der Waals surface area contributed by atoms with Crippen molar-refractivity contribution in [3.05, 3.63) is 82.8 Å². The predicted octanol–water partition coefficient (Wildman–Crippen LogP) is 3.17. The summed E-state index contributed by atoms with van der Waals surface area (Å²) in [6, 6.07) is 13.1. The molecule has 2 heterocycles. The van der Waals surface area contributed by atoms with Crippen LogP contribution in [0.25, 0.3) is 16.6 Å². The number of hydrogen-bond acceptors (Lipinski definition) is 2. The average Bonchev–Trinajstić information content (AvgIpc) is 3.10. The topological polar surface area (TPSA) is 55.5 Å². The van der Waals surface area contributed by atoms with Gasteiger partial charge in [-0.25, -0.2) is 8.78 Å². The summed E-state index contributed by atoms with van der Waals surface area (Å²) in [6.07, 6.45) is 1.70. The number of benzene rings is 2. The lowest BCUT2D eigenvalue weighted by molar-refractivity contribution is -0.116. The van der Waals surface area contributed by atoms with Crippen LogP contribution in [-0.4, -0.2) is 14.9 Å². The number of aromatic nitrogens is 2. The Kier molecular flexibility index (Phi) is 3.76. The number of rotatable bonds is 3. The van der Waals surface area contributed by atoms with Gasteiger partial charge in [-0.3, -0.25) is 14.2 Å². The molecule has 7 heteroatoms. The van der Waals surface area contributed by atoms with Crippen LogP contribution >= 0.6 is 0 Å². The van der Waals surface area contributed by atoms with Gasteiger partial charge in [0.2, 0.25) is 5.91 Å². The molecule has 0 bridgehead atoms. The van der Waals surface area contributed by atoms with E-state index in [2.05, 4.69) is 5.32 Å². The van der Waals surface area contributed by atoms with Crippen molar-refractivity contribution in [2.75, 3.05) is 5.32 Å². The fourth-order valence-corrected chi connectivity index (χ4v) is 2.98. The summed E-state index contributed by atoms with van der Waals surface area (Å²) in [5, 5.41) is 2.43. The molecule has 0 aliphatic carbocycles. The van der Waals surface area contributed by atoms with Crippen LogP contribution in [0.15, 0.2) is 65.6 Å². The molecule has 4 rings (SSSR count). The fourth-order valence-electron chi connectivity index (χ4n) is 2.98. The predicted molar refractivity (Wildman–Crippen MR) is 94.2 cm³/mol. The number of carbonyl (C=O) groups excluding carboxylic acids is 1. The molecule has 0 unspecified atom stereocenters. The van der Waals surface area contributed by atoms with Gasteiger partial charge in [-0.05, 0) is 42.5 Å². The van der Waals surface area contributed by atoms with Gasteiger partial charge in [0, 0.05) is 6.20 Å². The molecule has 1 N–H and O–H groups in total. The monoisotopic (exact) mass is 353 g/mol. The van der Waals surface area contributed by atoms with E-state index in [-0.39, 0.29) is 17.7 Å². The Morgan fingerprint density at radius 2 is 1.77 bits per heavy atom. The van der Waals surface area contributed by atoms with Crippen molar-refractivity contribution < 1.29 is 13.6 Å². The molecular weight excluding hydrogens is 340 g/mol. The first-order valence-electron chi connectivity index (χ1n) is 7.88. The second kappa shape index (κ2) is 6.11. The SMILES string of the molecule is O=C(Cn1c(=O)c2cccn2c2ccc(F)cc21)Nc1ccccc1F. The molecule has 26 heavy (non-hydrogen) atoms. The minimum absolute atomic E-state index is 0.0183. The van der Waals surface area contributed by atoms with Gasteiger partial charge in [-0.1, -0.05) is 12.1 Å². The molecule has 0 fully saturated rings. The van der Waals surface area contributed by atoms with Crippen molar-refractivity contribution in [3.63, 3.8) is 0 Å². The Morgan fingerprint density at radius 3 is 2.58 bits per heavy atom. The Morgan fingerprint density at radius 1 is 0.962 bits per heavy atom. The van der Waals surface area contributed by atoms with Gasteiger partial charge in [-0.15, -0.1) is 0 Å². The minimum Gasteiger partial charge on any atom is -0.322 e. The van der Waals surface area contributed by atoms with Gasteiger partial charge in [0.1, 0.15) is 23.7 Å². The van der Waals surface area contributed by atoms with Crippen molar-refractivity contribution in [2.24, 2.45) is 0 Å². The highest BCUT2D eigenvalue weighted by atomic mass is 19.1. The van der Waals surface area contributed by atoms with E-state index in [1.807, 2.05) is 0 Å². The van der Waals surface area contributed by atoms with Crippen molar-refractivity contribution in [1.29, 1.82) is 0 Å². The summed E-state index contributed by atoms with van der Waals surface area (Å²) in [7, 11) is 0. The number of hydrogen-bond donors (Lipinski definition) is 1. The molecule has 1 amide bonds. The zero-order valence-corrected chi connectivity index (χ0v) is 13.4. The average molecular weight is 353 g/mol. The summed E-state index contributed by atoms with van der Waals surface area (Å²) in [4.78, 5) is 25.1. The Hall–Kier alpha value is -3.48. The Balaban J connectivity index is 1.81. The van der Waals surface area contributed by atoms with Gasteiger partial charge in [0.05, 0.1) is 16.7 Å². The number of fused-ring (bicyclic) bond motifs is 3. The zero-order valence-electron chi connectivity index (χ0n) is 13.4. The lowest BCUT2D eigenvalue weighted by Crippen LogP contribution is -2.29. The number of nitrogens with one attached hydrogen (secondary N) is 1. The number of amides is 1. The lowest BCUT2D eigenvalue weighted by atomic mass is 10.2. The van der Waals surface area contributed by atoms with Gasteiger partial charge >= 0.3 is 0 Å². The van der Waals surface area contributed by atoms with Gasteiger partial charge in [0.25, 0.3) is 5.56 Å². The minimum atomic E-state index is -0.585. The standard InChI is InChI=1S/C19H13F2N3O2/c20-12-7-8-15-17(10-12)24(19(26)16-6-3-9-23(15)16)11-18(25)22-14-5-2-1-4-13(14)21/h1-10H,11H2,(H,22,25). The Bertz CT molecular complexity index is 1210. The van der Waals surface area contributed by atoms with Gasteiger partial charge in [-0.2, -0.15) is 0 Å². The maximum absolute atomic E-state index is 13.7. The molecule has 0 aliphatic heterocycles. The molecular formula is C19H13F2N3O2. The molecule has 130 valence electrons. The van der Waals surface area contributed by atoms with Crippen LogP contribution in [0.1, 0.15) is 0 Å².